The summed E-state index contributed by atoms with van der Waals surface area (Å²) in [5.74, 6) is 0.983. The Labute approximate surface area is 270 Å². The molecule has 0 unspecified atom stereocenters. The van der Waals surface area contributed by atoms with Crippen molar-refractivity contribution >= 4 is 21.5 Å². The summed E-state index contributed by atoms with van der Waals surface area (Å²) >= 11 is 0. The Bertz CT molecular complexity index is 1680. The lowest BCUT2D eigenvalue weighted by Crippen LogP contribution is -2.35. The number of ether oxygens (including phenoxy) is 4. The van der Waals surface area contributed by atoms with Crippen molar-refractivity contribution in [3.63, 3.8) is 0 Å². The van der Waals surface area contributed by atoms with E-state index in [0.29, 0.717) is 36.8 Å². The van der Waals surface area contributed by atoms with Crippen molar-refractivity contribution in [2.75, 3.05) is 38.4 Å². The van der Waals surface area contributed by atoms with Gasteiger partial charge >= 0.3 is 5.97 Å². The molecule has 0 aromatic heterocycles. The van der Waals surface area contributed by atoms with Crippen molar-refractivity contribution in [3.8, 4) is 28.4 Å². The number of nitrogen functional groups attached to an aromatic ring is 1. The molecule has 0 fully saturated rings. The van der Waals surface area contributed by atoms with Crippen LogP contribution in [0, 0.1) is 0 Å². The standard InChI is InChI=1S/C35H40N2O8S/c1-4-42-32(38)23-44-29-16-12-27(13-17-29)26-10-14-28(15-11-26)43-21-20-37-24(2)34(39)30-18-19-31(35(33(30)36)46(3,40)41)45-22-25-8-6-5-7-9-25/h5-19,24,34,37,39H,4,20-23,36H2,1-3H3/t24-,34-/m0/s1. The molecule has 4 aromatic rings. The van der Waals surface area contributed by atoms with E-state index in [-0.39, 0.29) is 29.5 Å². The number of hydrogen-bond donors (Lipinski definition) is 3. The van der Waals surface area contributed by atoms with Gasteiger partial charge in [0.1, 0.15) is 35.4 Å². The van der Waals surface area contributed by atoms with Crippen LogP contribution in [-0.2, 0) is 26.0 Å². The molecule has 4 aromatic carbocycles. The number of benzene rings is 4. The molecule has 11 heteroatoms. The molecule has 46 heavy (non-hydrogen) atoms. The van der Waals surface area contributed by atoms with Gasteiger partial charge in [0.05, 0.1) is 18.4 Å². The number of sulfone groups is 1. The highest BCUT2D eigenvalue weighted by molar-refractivity contribution is 7.91. The first-order valence-electron chi connectivity index (χ1n) is 14.9. The van der Waals surface area contributed by atoms with Crippen LogP contribution >= 0.6 is 0 Å². The van der Waals surface area contributed by atoms with Crippen LogP contribution < -0.4 is 25.3 Å². The van der Waals surface area contributed by atoms with Gasteiger partial charge in [-0.1, -0.05) is 60.7 Å². The van der Waals surface area contributed by atoms with Crippen LogP contribution in [0.4, 0.5) is 5.69 Å². The maximum atomic E-state index is 12.7. The van der Waals surface area contributed by atoms with Crippen LogP contribution in [0.1, 0.15) is 31.1 Å². The van der Waals surface area contributed by atoms with Gasteiger partial charge in [-0.15, -0.1) is 0 Å². The Morgan fingerprint density at radius 2 is 1.48 bits per heavy atom. The molecule has 0 aliphatic carbocycles. The maximum absolute atomic E-state index is 12.7. The molecule has 244 valence electrons. The number of nitrogens with one attached hydrogen (secondary N) is 1. The van der Waals surface area contributed by atoms with Gasteiger partial charge in [0.25, 0.3) is 0 Å². The summed E-state index contributed by atoms with van der Waals surface area (Å²) < 4.78 is 47.3. The number of hydrogen-bond acceptors (Lipinski definition) is 10. The van der Waals surface area contributed by atoms with Gasteiger partial charge < -0.3 is 35.1 Å². The fourth-order valence-electron chi connectivity index (χ4n) is 4.75. The van der Waals surface area contributed by atoms with Crippen LogP contribution in [0.3, 0.4) is 0 Å². The predicted molar refractivity (Wildman–Crippen MR) is 177 cm³/mol. The Morgan fingerprint density at radius 1 is 0.870 bits per heavy atom. The van der Waals surface area contributed by atoms with E-state index in [9.17, 15) is 18.3 Å². The van der Waals surface area contributed by atoms with Gasteiger partial charge in [-0.3, -0.25) is 0 Å². The molecule has 2 atom stereocenters. The van der Waals surface area contributed by atoms with Gasteiger partial charge in [-0.2, -0.15) is 0 Å². The van der Waals surface area contributed by atoms with E-state index in [1.807, 2.05) is 66.7 Å². The van der Waals surface area contributed by atoms with E-state index in [1.165, 1.54) is 6.07 Å². The number of aliphatic hydroxyl groups excluding tert-OH is 1. The average molecular weight is 649 g/mol. The van der Waals surface area contributed by atoms with Crippen molar-refractivity contribution < 1.29 is 37.3 Å². The normalized spacial score (nSPS) is 12.6. The SMILES string of the molecule is CCOC(=O)COc1ccc(-c2ccc(OCCN[C@@H](C)[C@H](O)c3ccc(OCc4ccccc4)c(S(C)(=O)=O)c3N)cc2)cc1. The second kappa shape index (κ2) is 16.1. The van der Waals surface area contributed by atoms with Crippen molar-refractivity contribution in [2.24, 2.45) is 0 Å². The minimum Gasteiger partial charge on any atom is -0.492 e. The number of carbonyl (C=O) groups excluding carboxylic acids is 1. The predicted octanol–water partition coefficient (Wildman–Crippen LogP) is 4.95. The van der Waals surface area contributed by atoms with Crippen molar-refractivity contribution in [1.82, 2.24) is 5.32 Å². The summed E-state index contributed by atoms with van der Waals surface area (Å²) in [5, 5.41) is 14.3. The highest BCUT2D eigenvalue weighted by Gasteiger charge is 2.26. The number of nitrogens with two attached hydrogens (primary N) is 1. The molecule has 0 saturated heterocycles. The summed E-state index contributed by atoms with van der Waals surface area (Å²) in [7, 11) is -3.75. The lowest BCUT2D eigenvalue weighted by atomic mass is 10.0. The largest absolute Gasteiger partial charge is 0.492 e. The van der Waals surface area contributed by atoms with E-state index in [0.717, 1.165) is 22.9 Å². The van der Waals surface area contributed by atoms with Crippen LogP contribution in [0.25, 0.3) is 11.1 Å². The van der Waals surface area contributed by atoms with Crippen molar-refractivity contribution in [2.45, 2.75) is 37.5 Å². The number of carbonyl (C=O) groups is 1. The van der Waals surface area contributed by atoms with Gasteiger partial charge in [-0.05, 0) is 60.9 Å². The Balaban J connectivity index is 1.28. The van der Waals surface area contributed by atoms with Crippen molar-refractivity contribution in [3.05, 3.63) is 102 Å². The number of esters is 1. The van der Waals surface area contributed by atoms with E-state index >= 15 is 0 Å². The monoisotopic (exact) mass is 648 g/mol. The topological polar surface area (TPSA) is 146 Å². The summed E-state index contributed by atoms with van der Waals surface area (Å²) in [6.07, 6.45) is -0.0122. The molecule has 4 rings (SSSR count). The van der Waals surface area contributed by atoms with Crippen LogP contribution in [-0.4, -0.2) is 58.2 Å². The number of anilines is 1. The third-order valence-electron chi connectivity index (χ3n) is 7.13. The second-order valence-corrected chi connectivity index (χ2v) is 12.6. The lowest BCUT2D eigenvalue weighted by molar-refractivity contribution is -0.145. The van der Waals surface area contributed by atoms with E-state index in [1.54, 1.807) is 32.0 Å². The molecule has 0 amide bonds. The lowest BCUT2D eigenvalue weighted by Gasteiger charge is -2.24. The molecule has 0 spiro atoms. The Morgan fingerprint density at radius 3 is 2.07 bits per heavy atom. The molecular formula is C35H40N2O8S. The molecular weight excluding hydrogens is 608 g/mol. The van der Waals surface area contributed by atoms with Gasteiger partial charge in [0.2, 0.25) is 0 Å². The zero-order chi connectivity index (χ0) is 33.1. The summed E-state index contributed by atoms with van der Waals surface area (Å²) in [4.78, 5) is 11.3. The smallest absolute Gasteiger partial charge is 0.344 e. The van der Waals surface area contributed by atoms with Gasteiger partial charge in [0, 0.05) is 24.4 Å². The zero-order valence-electron chi connectivity index (χ0n) is 26.1. The summed E-state index contributed by atoms with van der Waals surface area (Å²) in [5.41, 5.74) is 9.42. The molecule has 0 aliphatic rings. The molecule has 4 N–H and O–H groups in total. The van der Waals surface area contributed by atoms with Crippen LogP contribution in [0.5, 0.6) is 17.2 Å². The summed E-state index contributed by atoms with van der Waals surface area (Å²) in [6, 6.07) is 27.1. The molecule has 0 saturated carbocycles. The fraction of sp³-hybridized carbons (Fsp3) is 0.286. The fourth-order valence-corrected chi connectivity index (χ4v) is 5.76. The number of aliphatic hydroxyl groups is 1. The third-order valence-corrected chi connectivity index (χ3v) is 8.30. The molecule has 0 heterocycles. The van der Waals surface area contributed by atoms with Crippen LogP contribution in [0.15, 0.2) is 95.9 Å². The molecule has 0 bridgehead atoms. The first kappa shape index (κ1) is 34.3. The van der Waals surface area contributed by atoms with Gasteiger partial charge in [0.15, 0.2) is 16.4 Å². The highest BCUT2D eigenvalue weighted by atomic mass is 32.2. The molecule has 0 aliphatic heterocycles. The minimum atomic E-state index is -3.75. The molecule has 0 radical (unpaired) electrons. The Kier molecular flexibility index (Phi) is 12.0. The number of rotatable bonds is 16. The van der Waals surface area contributed by atoms with E-state index < -0.39 is 28.0 Å². The second-order valence-electron chi connectivity index (χ2n) is 10.6. The highest BCUT2D eigenvalue weighted by Crippen LogP contribution is 2.36. The van der Waals surface area contributed by atoms with Gasteiger partial charge in [-0.25, -0.2) is 13.2 Å². The summed E-state index contributed by atoms with van der Waals surface area (Å²) in [6.45, 7) is 4.63. The quantitative estimate of drug-likeness (QED) is 0.0867. The average Bonchev–Trinajstić information content (AvgIpc) is 3.05. The third kappa shape index (κ3) is 9.46. The van der Waals surface area contributed by atoms with E-state index in [4.69, 9.17) is 24.7 Å². The first-order valence-corrected chi connectivity index (χ1v) is 16.8. The minimum absolute atomic E-state index is 0.0376. The van der Waals surface area contributed by atoms with E-state index in [2.05, 4.69) is 5.32 Å². The molecule has 10 nitrogen and oxygen atoms in total. The first-order chi connectivity index (χ1) is 22.1. The van der Waals surface area contributed by atoms with Crippen molar-refractivity contribution in [1.29, 1.82) is 0 Å². The maximum Gasteiger partial charge on any atom is 0.344 e. The van der Waals surface area contributed by atoms with Crippen LogP contribution in [0.2, 0.25) is 0 Å². The Hall–Kier alpha value is -4.58. The zero-order valence-corrected chi connectivity index (χ0v) is 27.0.